The van der Waals surface area contributed by atoms with Gasteiger partial charge >= 0.3 is 0 Å². The van der Waals surface area contributed by atoms with Gasteiger partial charge in [-0.2, -0.15) is 0 Å². The summed E-state index contributed by atoms with van der Waals surface area (Å²) in [6.45, 7) is 9.05. The van der Waals surface area contributed by atoms with E-state index in [1.54, 1.807) is 0 Å². The minimum Gasteiger partial charge on any atom is -0.390 e. The highest BCUT2D eigenvalue weighted by Gasteiger charge is 2.69. The van der Waals surface area contributed by atoms with Crippen LogP contribution in [0.3, 0.4) is 0 Å². The summed E-state index contributed by atoms with van der Waals surface area (Å²) in [5.74, 6) is 2.29. The van der Waals surface area contributed by atoms with Crippen LogP contribution in [-0.4, -0.2) is 22.4 Å². The van der Waals surface area contributed by atoms with Gasteiger partial charge in [0, 0.05) is 5.92 Å². The Morgan fingerprint density at radius 3 is 2.59 bits per heavy atom. The average Bonchev–Trinajstić information content (AvgIpc) is 2.71. The lowest BCUT2D eigenvalue weighted by Gasteiger charge is -2.49. The molecule has 2 nitrogen and oxygen atoms in total. The van der Waals surface area contributed by atoms with Gasteiger partial charge in [-0.05, 0) is 50.4 Å². The average molecular weight is 238 g/mol. The summed E-state index contributed by atoms with van der Waals surface area (Å²) in [6, 6.07) is 0. The number of hydrogen-bond acceptors (Lipinski definition) is 2. The van der Waals surface area contributed by atoms with E-state index in [1.165, 1.54) is 12.8 Å². The molecular weight excluding hydrogens is 212 g/mol. The molecule has 1 spiro atoms. The van der Waals surface area contributed by atoms with Gasteiger partial charge in [0.25, 0.3) is 0 Å². The van der Waals surface area contributed by atoms with Crippen LogP contribution >= 0.6 is 0 Å². The van der Waals surface area contributed by atoms with Crippen LogP contribution in [0.4, 0.5) is 0 Å². The highest BCUT2D eigenvalue weighted by molar-refractivity contribution is 5.17. The van der Waals surface area contributed by atoms with E-state index in [4.69, 9.17) is 4.74 Å². The topological polar surface area (TPSA) is 29.5 Å². The van der Waals surface area contributed by atoms with Crippen molar-refractivity contribution in [2.45, 2.75) is 70.7 Å². The van der Waals surface area contributed by atoms with Crippen molar-refractivity contribution in [1.82, 2.24) is 0 Å². The molecule has 2 saturated heterocycles. The molecule has 2 bridgehead atoms. The zero-order valence-electron chi connectivity index (χ0n) is 11.6. The molecule has 0 aromatic carbocycles. The van der Waals surface area contributed by atoms with Gasteiger partial charge in [-0.3, -0.25) is 0 Å². The van der Waals surface area contributed by atoms with Crippen LogP contribution in [0.5, 0.6) is 0 Å². The van der Waals surface area contributed by atoms with Crippen molar-refractivity contribution in [3.05, 3.63) is 0 Å². The molecule has 2 aliphatic heterocycles. The molecule has 17 heavy (non-hydrogen) atoms. The van der Waals surface area contributed by atoms with Crippen molar-refractivity contribution in [3.8, 4) is 0 Å². The van der Waals surface area contributed by atoms with Gasteiger partial charge in [0.2, 0.25) is 0 Å². The van der Waals surface area contributed by atoms with Crippen molar-refractivity contribution < 1.29 is 9.84 Å². The van der Waals surface area contributed by atoms with Gasteiger partial charge < -0.3 is 9.84 Å². The maximum absolute atomic E-state index is 10.7. The lowest BCUT2D eigenvalue weighted by atomic mass is 9.56. The van der Waals surface area contributed by atoms with Crippen LogP contribution in [-0.2, 0) is 4.74 Å². The van der Waals surface area contributed by atoms with E-state index in [0.717, 1.165) is 12.8 Å². The van der Waals surface area contributed by atoms with E-state index < -0.39 is 0 Å². The Morgan fingerprint density at radius 1 is 1.24 bits per heavy atom. The van der Waals surface area contributed by atoms with E-state index in [0.29, 0.717) is 23.7 Å². The smallest absolute Gasteiger partial charge is 0.0925 e. The van der Waals surface area contributed by atoms with Gasteiger partial charge in [0.15, 0.2) is 0 Å². The summed E-state index contributed by atoms with van der Waals surface area (Å²) in [5.41, 5.74) is -0.252. The monoisotopic (exact) mass is 238 g/mol. The first-order valence-electron chi connectivity index (χ1n) is 7.29. The predicted octanol–water partition coefficient (Wildman–Crippen LogP) is 2.99. The zero-order valence-corrected chi connectivity index (χ0v) is 11.6. The quantitative estimate of drug-likeness (QED) is 0.761. The highest BCUT2D eigenvalue weighted by atomic mass is 16.6. The van der Waals surface area contributed by atoms with Gasteiger partial charge in [-0.25, -0.2) is 0 Å². The fourth-order valence-corrected chi connectivity index (χ4v) is 4.96. The molecule has 0 aromatic rings. The molecule has 6 atom stereocenters. The number of rotatable bonds is 1. The first-order valence-corrected chi connectivity index (χ1v) is 7.29. The van der Waals surface area contributed by atoms with Crippen LogP contribution in [0.25, 0.3) is 0 Å². The Balaban J connectivity index is 2.01. The van der Waals surface area contributed by atoms with E-state index in [-0.39, 0.29) is 17.3 Å². The lowest BCUT2D eigenvalue weighted by molar-refractivity contribution is -0.112. The van der Waals surface area contributed by atoms with Crippen LogP contribution in [0.15, 0.2) is 0 Å². The van der Waals surface area contributed by atoms with Gasteiger partial charge in [-0.15, -0.1) is 0 Å². The van der Waals surface area contributed by atoms with Crippen molar-refractivity contribution >= 4 is 0 Å². The largest absolute Gasteiger partial charge is 0.390 e. The predicted molar refractivity (Wildman–Crippen MR) is 67.7 cm³/mol. The molecule has 0 radical (unpaired) electrons. The summed E-state index contributed by atoms with van der Waals surface area (Å²) >= 11 is 0. The molecule has 3 rings (SSSR count). The summed E-state index contributed by atoms with van der Waals surface area (Å²) in [5, 5.41) is 10.7. The highest BCUT2D eigenvalue weighted by Crippen LogP contribution is 2.63. The number of aliphatic hydroxyl groups is 1. The molecule has 1 N–H and O–H groups in total. The Kier molecular flexibility index (Phi) is 2.45. The van der Waals surface area contributed by atoms with Crippen molar-refractivity contribution in [3.63, 3.8) is 0 Å². The Labute approximate surface area is 105 Å². The third-order valence-corrected chi connectivity index (χ3v) is 6.05. The number of hydrogen-bond donors (Lipinski definition) is 1. The maximum Gasteiger partial charge on any atom is 0.0925 e. The second-order valence-corrected chi connectivity index (χ2v) is 7.23. The number of aliphatic hydroxyl groups excluding tert-OH is 1. The lowest BCUT2D eigenvalue weighted by Crippen LogP contribution is -2.54. The van der Waals surface area contributed by atoms with Crippen LogP contribution in [0.2, 0.25) is 0 Å². The summed E-state index contributed by atoms with van der Waals surface area (Å²) < 4.78 is 6.41. The molecular formula is C15H26O2. The summed E-state index contributed by atoms with van der Waals surface area (Å²) in [6.07, 6.45) is 4.49. The Morgan fingerprint density at radius 2 is 1.94 bits per heavy atom. The first kappa shape index (κ1) is 12.0. The molecule has 1 saturated carbocycles. The summed E-state index contributed by atoms with van der Waals surface area (Å²) in [7, 11) is 0. The number of fused-ring (bicyclic) bond motifs is 1. The molecule has 0 amide bonds. The second-order valence-electron chi connectivity index (χ2n) is 7.23. The van der Waals surface area contributed by atoms with Crippen molar-refractivity contribution in [2.24, 2.45) is 23.7 Å². The second kappa shape index (κ2) is 3.48. The van der Waals surface area contributed by atoms with Crippen molar-refractivity contribution in [2.75, 3.05) is 0 Å². The van der Waals surface area contributed by atoms with Gasteiger partial charge in [-0.1, -0.05) is 20.8 Å². The Bertz CT molecular complexity index is 327. The minimum atomic E-state index is -0.254. The summed E-state index contributed by atoms with van der Waals surface area (Å²) in [4.78, 5) is 0. The van der Waals surface area contributed by atoms with Crippen LogP contribution in [0, 0.1) is 23.7 Å². The van der Waals surface area contributed by atoms with E-state index >= 15 is 0 Å². The molecule has 98 valence electrons. The van der Waals surface area contributed by atoms with Crippen LogP contribution < -0.4 is 0 Å². The van der Waals surface area contributed by atoms with E-state index in [2.05, 4.69) is 27.7 Å². The Hall–Kier alpha value is -0.0800. The molecule has 2 heteroatoms. The molecule has 3 aliphatic rings. The van der Waals surface area contributed by atoms with Gasteiger partial charge in [0.05, 0.1) is 17.3 Å². The van der Waals surface area contributed by atoms with E-state index in [9.17, 15) is 5.11 Å². The minimum absolute atomic E-state index is 0.00134. The van der Waals surface area contributed by atoms with Gasteiger partial charge in [0.1, 0.15) is 0 Å². The first-order chi connectivity index (χ1) is 7.91. The fourth-order valence-electron chi connectivity index (χ4n) is 4.96. The molecule has 0 unspecified atom stereocenters. The fraction of sp³-hybridized carbons (Fsp3) is 1.00. The zero-order chi connectivity index (χ0) is 12.4. The molecule has 1 aliphatic carbocycles. The van der Waals surface area contributed by atoms with Crippen LogP contribution in [0.1, 0.15) is 53.4 Å². The molecule has 2 heterocycles. The normalized spacial score (nSPS) is 57.5. The standard InChI is InChI=1S/C15H26O2/c1-9(2)11-6-5-10(3)15-8-7-14(4,17-15)13(16)12(11)15/h9-13,16H,5-8H2,1-4H3/t10-,11+,12-,13-,14+,15+/m1/s1. The molecule has 0 aromatic heterocycles. The molecule has 3 fully saturated rings. The van der Waals surface area contributed by atoms with E-state index in [1.807, 2.05) is 0 Å². The third-order valence-electron chi connectivity index (χ3n) is 6.05. The SMILES string of the molecule is CC(C)[C@@H]1CC[C@@H](C)[C@]23CC[C@](C)(O2)[C@H](O)[C@@H]13. The maximum atomic E-state index is 10.7. The van der Waals surface area contributed by atoms with Crippen molar-refractivity contribution in [1.29, 1.82) is 0 Å². The number of ether oxygens (including phenoxy) is 1. The third kappa shape index (κ3) is 1.34.